The molecule has 13 heteroatoms. The summed E-state index contributed by atoms with van der Waals surface area (Å²) in [6, 6.07) is -0.794. The summed E-state index contributed by atoms with van der Waals surface area (Å²) in [6.45, 7) is 4.36. The highest BCUT2D eigenvalue weighted by atomic mass is 32.2. The first-order valence-corrected chi connectivity index (χ1v) is 11.7. The van der Waals surface area contributed by atoms with E-state index < -0.39 is 22.1 Å². The second-order valence-electron chi connectivity index (χ2n) is 7.58. The van der Waals surface area contributed by atoms with E-state index in [-0.39, 0.29) is 47.4 Å². The van der Waals surface area contributed by atoms with Crippen LogP contribution in [0.1, 0.15) is 20.3 Å². The third kappa shape index (κ3) is 4.28. The average Bonchev–Trinajstić information content (AvgIpc) is 3.15. The van der Waals surface area contributed by atoms with Gasteiger partial charge in [0.2, 0.25) is 12.3 Å². The van der Waals surface area contributed by atoms with Crippen molar-refractivity contribution in [3.8, 4) is 0 Å². The molecule has 3 rings (SSSR count). The van der Waals surface area contributed by atoms with E-state index in [1.54, 1.807) is 6.92 Å². The smallest absolute Gasteiger partial charge is 0.353 e. The molecule has 2 saturated heterocycles. The topological polar surface area (TPSA) is 171 Å². The van der Waals surface area contributed by atoms with E-state index in [2.05, 4.69) is 15.4 Å². The van der Waals surface area contributed by atoms with Crippen LogP contribution in [-0.4, -0.2) is 73.2 Å². The number of thioether (sulfide) groups is 1. The van der Waals surface area contributed by atoms with Crippen LogP contribution in [0.2, 0.25) is 0 Å². The monoisotopic (exact) mass is 447 g/mol. The minimum absolute atomic E-state index is 0.0122. The second-order valence-corrected chi connectivity index (χ2v) is 10.3. The van der Waals surface area contributed by atoms with Crippen LogP contribution in [0.25, 0.3) is 0 Å². The van der Waals surface area contributed by atoms with E-state index >= 15 is 0 Å². The largest absolute Gasteiger partial charge is 0.477 e. The van der Waals surface area contributed by atoms with Crippen molar-refractivity contribution in [3.05, 3.63) is 10.6 Å². The Balaban J connectivity index is 1.71. The number of nitrogens with zero attached hydrogens (tertiary/aromatic N) is 1. The number of carboxylic acids is 1. The van der Waals surface area contributed by atoms with Crippen LogP contribution in [0.5, 0.6) is 0 Å². The second kappa shape index (κ2) is 8.22. The minimum atomic E-state index is -3.77. The van der Waals surface area contributed by atoms with Crippen molar-refractivity contribution in [1.82, 2.24) is 20.3 Å². The van der Waals surface area contributed by atoms with E-state index in [0.717, 1.165) is 0 Å². The SMILES string of the molecule is C[C@H]1C(S[C@@H]2CN[C@H](CNS(N)(=O)=O)C2)=C(C(=O)O)N2C(=O)[C@H]([C@@H](C)NC=O)C12. The number of nitrogens with one attached hydrogen (secondary N) is 3. The number of β-lactam (4-membered cyclic amide) rings is 1. The number of fused-ring (bicyclic) bond motifs is 1. The number of carbonyl (C=O) groups is 3. The molecule has 11 nitrogen and oxygen atoms in total. The number of nitrogens with two attached hydrogens (primary N) is 1. The van der Waals surface area contributed by atoms with Crippen LogP contribution in [0.15, 0.2) is 10.6 Å². The van der Waals surface area contributed by atoms with Gasteiger partial charge < -0.3 is 20.6 Å². The van der Waals surface area contributed by atoms with E-state index in [0.29, 0.717) is 24.3 Å². The fourth-order valence-electron chi connectivity index (χ4n) is 4.33. The van der Waals surface area contributed by atoms with Crippen LogP contribution in [0.4, 0.5) is 0 Å². The normalized spacial score (nSPS) is 32.7. The van der Waals surface area contributed by atoms with Gasteiger partial charge >= 0.3 is 5.97 Å². The van der Waals surface area contributed by atoms with E-state index in [4.69, 9.17) is 5.14 Å². The Morgan fingerprint density at radius 2 is 2.21 bits per heavy atom. The molecule has 3 aliphatic heterocycles. The van der Waals surface area contributed by atoms with E-state index in [1.165, 1.54) is 16.7 Å². The fourth-order valence-corrected chi connectivity index (χ4v) is 6.28. The van der Waals surface area contributed by atoms with Crippen molar-refractivity contribution in [2.24, 2.45) is 17.0 Å². The Morgan fingerprint density at radius 3 is 2.79 bits per heavy atom. The summed E-state index contributed by atoms with van der Waals surface area (Å²) in [5.41, 5.74) is 0.0122. The predicted molar refractivity (Wildman–Crippen MR) is 106 cm³/mol. The number of carboxylic acid groups (broad SMARTS) is 1. The van der Waals surface area contributed by atoms with Gasteiger partial charge in [-0.2, -0.15) is 8.42 Å². The van der Waals surface area contributed by atoms with Crippen molar-refractivity contribution in [2.75, 3.05) is 13.1 Å². The van der Waals surface area contributed by atoms with Gasteiger partial charge in [0.05, 0.1) is 12.0 Å². The first-order chi connectivity index (χ1) is 13.5. The Morgan fingerprint density at radius 1 is 1.52 bits per heavy atom. The zero-order valence-electron chi connectivity index (χ0n) is 16.0. The zero-order chi connectivity index (χ0) is 21.5. The lowest BCUT2D eigenvalue weighted by Crippen LogP contribution is -2.65. The highest BCUT2D eigenvalue weighted by molar-refractivity contribution is 8.03. The first-order valence-electron chi connectivity index (χ1n) is 9.22. The Hall–Kier alpha value is -1.67. The number of carbonyl (C=O) groups excluding carboxylic acids is 2. The molecular formula is C16H25N5O6S2. The van der Waals surface area contributed by atoms with E-state index in [9.17, 15) is 27.9 Å². The summed E-state index contributed by atoms with van der Waals surface area (Å²) in [6.07, 6.45) is 1.17. The molecule has 0 bridgehead atoms. The van der Waals surface area contributed by atoms with Crippen LogP contribution < -0.4 is 20.5 Å². The van der Waals surface area contributed by atoms with Gasteiger partial charge in [0, 0.05) is 41.2 Å². The molecule has 29 heavy (non-hydrogen) atoms. The van der Waals surface area contributed by atoms with Crippen molar-refractivity contribution in [3.63, 3.8) is 0 Å². The predicted octanol–water partition coefficient (Wildman–Crippen LogP) is -1.85. The zero-order valence-corrected chi connectivity index (χ0v) is 17.6. The van der Waals surface area contributed by atoms with Gasteiger partial charge in [-0.25, -0.2) is 14.7 Å². The molecule has 6 atom stereocenters. The summed E-state index contributed by atoms with van der Waals surface area (Å²) in [7, 11) is -3.77. The highest BCUT2D eigenvalue weighted by Gasteiger charge is 2.60. The van der Waals surface area contributed by atoms with Crippen LogP contribution in [0, 0.1) is 11.8 Å². The quantitative estimate of drug-likeness (QED) is 0.202. The first kappa shape index (κ1) is 22.0. The molecule has 0 aromatic rings. The molecule has 3 heterocycles. The molecule has 0 aliphatic carbocycles. The molecule has 2 amide bonds. The molecule has 162 valence electrons. The number of hydrogen-bond donors (Lipinski definition) is 5. The maximum atomic E-state index is 12.6. The van der Waals surface area contributed by atoms with Crippen molar-refractivity contribution in [2.45, 2.75) is 43.6 Å². The van der Waals surface area contributed by atoms with E-state index in [1.807, 2.05) is 6.92 Å². The third-order valence-corrected chi connectivity index (χ3v) is 7.75. The Bertz CT molecular complexity index is 847. The molecule has 0 spiro atoms. The van der Waals surface area contributed by atoms with Crippen LogP contribution in [-0.2, 0) is 24.6 Å². The molecule has 1 unspecified atom stereocenters. The lowest BCUT2D eigenvalue weighted by atomic mass is 9.78. The maximum absolute atomic E-state index is 12.6. The molecule has 3 aliphatic rings. The molecule has 0 saturated carbocycles. The summed E-state index contributed by atoms with van der Waals surface area (Å²) in [4.78, 5) is 37.2. The van der Waals surface area contributed by atoms with Crippen LogP contribution >= 0.6 is 11.8 Å². The minimum Gasteiger partial charge on any atom is -0.477 e. The Labute approximate surface area is 173 Å². The van der Waals surface area contributed by atoms with Gasteiger partial charge in [-0.3, -0.25) is 9.59 Å². The molecule has 2 fully saturated rings. The average molecular weight is 448 g/mol. The lowest BCUT2D eigenvalue weighted by molar-refractivity contribution is -0.158. The molecule has 0 aromatic heterocycles. The number of aliphatic carboxylic acids is 1. The van der Waals surface area contributed by atoms with Gasteiger partial charge in [0.25, 0.3) is 10.2 Å². The van der Waals surface area contributed by atoms with Gasteiger partial charge in [-0.05, 0) is 13.3 Å². The maximum Gasteiger partial charge on any atom is 0.353 e. The van der Waals surface area contributed by atoms with Crippen molar-refractivity contribution >= 4 is 40.3 Å². The molecular weight excluding hydrogens is 422 g/mol. The van der Waals surface area contributed by atoms with Gasteiger partial charge in [0.1, 0.15) is 5.70 Å². The van der Waals surface area contributed by atoms with Gasteiger partial charge in [-0.1, -0.05) is 6.92 Å². The van der Waals surface area contributed by atoms with Crippen molar-refractivity contribution in [1.29, 1.82) is 0 Å². The summed E-state index contributed by atoms with van der Waals surface area (Å²) >= 11 is 1.42. The number of amides is 2. The molecule has 0 aromatic carbocycles. The molecule has 6 N–H and O–H groups in total. The standard InChI is InChI=1S/C16H25N5O6S2/c1-7-12-11(8(2)19-6-22)15(23)21(12)13(16(24)25)14(7)28-10-3-9(18-5-10)4-20-29(17,26)27/h6-12,18,20H,3-5H2,1-2H3,(H,19,22)(H,24,25)(H2,17,26,27)/t7-,8-,9+,10+,11-,12?/m1/s1. The lowest BCUT2D eigenvalue weighted by Gasteiger charge is -2.47. The summed E-state index contributed by atoms with van der Waals surface area (Å²) < 4.78 is 24.4. The van der Waals surface area contributed by atoms with Gasteiger partial charge in [0.15, 0.2) is 0 Å². The Kier molecular flexibility index (Phi) is 6.24. The number of hydrogen-bond acceptors (Lipinski definition) is 7. The number of rotatable bonds is 9. The highest BCUT2D eigenvalue weighted by Crippen LogP contribution is 2.51. The van der Waals surface area contributed by atoms with Crippen molar-refractivity contribution < 1.29 is 27.9 Å². The van der Waals surface area contributed by atoms with Gasteiger partial charge in [-0.15, -0.1) is 11.8 Å². The fraction of sp³-hybridized carbons (Fsp3) is 0.688. The van der Waals surface area contributed by atoms with Crippen LogP contribution in [0.3, 0.4) is 0 Å². The third-order valence-electron chi connectivity index (χ3n) is 5.67. The summed E-state index contributed by atoms with van der Waals surface area (Å²) in [5, 5.41) is 20.5. The summed E-state index contributed by atoms with van der Waals surface area (Å²) in [5.74, 6) is -2.08. The molecule has 0 radical (unpaired) electrons.